The third-order valence-electron chi connectivity index (χ3n) is 10.2. The van der Waals surface area contributed by atoms with Gasteiger partial charge in [0.1, 0.15) is 0 Å². The van der Waals surface area contributed by atoms with E-state index in [9.17, 15) is 9.90 Å². The molecule has 0 heterocycles. The Morgan fingerprint density at radius 1 is 1.22 bits per heavy atom. The van der Waals surface area contributed by atoms with Crippen molar-refractivity contribution in [3.05, 3.63) is 11.6 Å². The Labute approximate surface area is 195 Å². The van der Waals surface area contributed by atoms with E-state index in [0.717, 1.165) is 48.9 Å². The molecular formula is C28H47NO3. The van der Waals surface area contributed by atoms with Crippen LogP contribution >= 0.6 is 0 Å². The van der Waals surface area contributed by atoms with Gasteiger partial charge in [0.25, 0.3) is 0 Å². The number of aliphatic hydroxyl groups is 1. The fraction of sp³-hybridized carbons (Fsp3) is 0.893. The van der Waals surface area contributed by atoms with Gasteiger partial charge in [-0.3, -0.25) is 4.79 Å². The van der Waals surface area contributed by atoms with Crippen LogP contribution in [0.15, 0.2) is 11.6 Å². The number of carboxylic acids is 1. The van der Waals surface area contributed by atoms with E-state index in [1.54, 1.807) is 5.57 Å². The SMILES string of the molecule is CC(CCC(C)(C)O)C1CCC2C3CC=C4CC(NCCC(=O)O)CCC4C3CCC12C. The number of fused-ring (bicyclic) bond motifs is 5. The Hall–Kier alpha value is -0.870. The van der Waals surface area contributed by atoms with Crippen LogP contribution in [0, 0.1) is 40.9 Å². The van der Waals surface area contributed by atoms with E-state index < -0.39 is 11.6 Å². The zero-order valence-corrected chi connectivity index (χ0v) is 20.9. The van der Waals surface area contributed by atoms with E-state index in [-0.39, 0.29) is 6.42 Å². The summed E-state index contributed by atoms with van der Waals surface area (Å²) in [6, 6.07) is 0.467. The first-order valence-corrected chi connectivity index (χ1v) is 13.4. The molecule has 3 saturated carbocycles. The molecule has 4 rings (SSSR count). The minimum Gasteiger partial charge on any atom is -0.481 e. The van der Waals surface area contributed by atoms with Crippen LogP contribution in [0.4, 0.5) is 0 Å². The van der Waals surface area contributed by atoms with Crippen LogP contribution in [0.3, 0.4) is 0 Å². The van der Waals surface area contributed by atoms with Gasteiger partial charge in [0.2, 0.25) is 0 Å². The van der Waals surface area contributed by atoms with Crippen LogP contribution < -0.4 is 5.32 Å². The molecule has 8 unspecified atom stereocenters. The Morgan fingerprint density at radius 2 is 2.00 bits per heavy atom. The van der Waals surface area contributed by atoms with Crippen molar-refractivity contribution >= 4 is 5.97 Å². The molecule has 0 saturated heterocycles. The summed E-state index contributed by atoms with van der Waals surface area (Å²) in [6.07, 6.45) is 15.3. The quantitative estimate of drug-likeness (QED) is 0.413. The molecule has 8 atom stereocenters. The lowest BCUT2D eigenvalue weighted by atomic mass is 9.51. The Balaban J connectivity index is 1.39. The molecule has 4 aliphatic carbocycles. The Morgan fingerprint density at radius 3 is 2.72 bits per heavy atom. The summed E-state index contributed by atoms with van der Waals surface area (Å²) < 4.78 is 0. The molecule has 0 spiro atoms. The first-order valence-electron chi connectivity index (χ1n) is 13.4. The number of aliphatic carboxylic acids is 1. The molecule has 0 bridgehead atoms. The normalized spacial score (nSPS) is 40.1. The summed E-state index contributed by atoms with van der Waals surface area (Å²) in [5.74, 6) is 4.21. The number of hydrogen-bond acceptors (Lipinski definition) is 3. The van der Waals surface area contributed by atoms with Crippen molar-refractivity contribution in [1.29, 1.82) is 0 Å². The van der Waals surface area contributed by atoms with Crippen molar-refractivity contribution < 1.29 is 15.0 Å². The fourth-order valence-corrected chi connectivity index (χ4v) is 8.59. The smallest absolute Gasteiger partial charge is 0.304 e. The van der Waals surface area contributed by atoms with E-state index in [0.29, 0.717) is 23.9 Å². The van der Waals surface area contributed by atoms with Crippen molar-refractivity contribution in [3.8, 4) is 0 Å². The summed E-state index contributed by atoms with van der Waals surface area (Å²) in [4.78, 5) is 10.8. The highest BCUT2D eigenvalue weighted by atomic mass is 16.4. The van der Waals surface area contributed by atoms with Crippen LogP contribution in [0.5, 0.6) is 0 Å². The number of hydrogen-bond donors (Lipinski definition) is 3. The second-order valence-corrected chi connectivity index (χ2v) is 12.7. The predicted octanol–water partition coefficient (Wildman–Crippen LogP) is 5.80. The lowest BCUT2D eigenvalue weighted by molar-refractivity contribution is -0.136. The second kappa shape index (κ2) is 9.41. The van der Waals surface area contributed by atoms with Gasteiger partial charge in [-0.25, -0.2) is 0 Å². The standard InChI is InChI=1S/C28H47NO3/c1-18(11-14-27(2,3)32)24-9-10-25-23-7-5-19-17-20(29-16-13-26(30)31)6-8-21(19)22(23)12-15-28(24,25)4/h5,18,20-25,29,32H,6-17H2,1-4H3,(H,30,31). The molecule has 3 N–H and O–H groups in total. The van der Waals surface area contributed by atoms with Crippen molar-refractivity contribution in [2.75, 3.05) is 6.54 Å². The van der Waals surface area contributed by atoms with Crippen LogP contribution in [-0.2, 0) is 4.79 Å². The average molecular weight is 446 g/mol. The molecule has 182 valence electrons. The molecule has 0 aliphatic heterocycles. The van der Waals surface area contributed by atoms with Gasteiger partial charge in [0.05, 0.1) is 12.0 Å². The summed E-state index contributed by atoms with van der Waals surface area (Å²) in [7, 11) is 0. The minimum absolute atomic E-state index is 0.222. The van der Waals surface area contributed by atoms with E-state index in [2.05, 4.69) is 25.2 Å². The third-order valence-corrected chi connectivity index (χ3v) is 10.2. The van der Waals surface area contributed by atoms with Crippen molar-refractivity contribution in [2.24, 2.45) is 40.9 Å². The van der Waals surface area contributed by atoms with Gasteiger partial charge in [-0.2, -0.15) is 0 Å². The van der Waals surface area contributed by atoms with Gasteiger partial charge in [0.15, 0.2) is 0 Å². The number of allylic oxidation sites excluding steroid dienone is 1. The van der Waals surface area contributed by atoms with Gasteiger partial charge in [-0.1, -0.05) is 25.5 Å². The summed E-state index contributed by atoms with van der Waals surface area (Å²) in [6.45, 7) is 9.57. The van der Waals surface area contributed by atoms with Crippen LogP contribution in [0.2, 0.25) is 0 Å². The molecule has 0 radical (unpaired) electrons. The third kappa shape index (κ3) is 4.97. The molecular weight excluding hydrogens is 398 g/mol. The lowest BCUT2D eigenvalue weighted by Gasteiger charge is -2.54. The Kier molecular flexibility index (Phi) is 7.13. The number of nitrogens with one attached hydrogen (secondary N) is 1. The fourth-order valence-electron chi connectivity index (χ4n) is 8.59. The van der Waals surface area contributed by atoms with Gasteiger partial charge in [-0.05, 0) is 119 Å². The number of carboxylic acid groups (broad SMARTS) is 1. The highest BCUT2D eigenvalue weighted by Gasteiger charge is 2.56. The largest absolute Gasteiger partial charge is 0.481 e. The molecule has 0 amide bonds. The maximum Gasteiger partial charge on any atom is 0.304 e. The summed E-state index contributed by atoms with van der Waals surface area (Å²) in [5, 5.41) is 22.6. The zero-order chi connectivity index (χ0) is 23.1. The van der Waals surface area contributed by atoms with Gasteiger partial charge < -0.3 is 15.5 Å². The van der Waals surface area contributed by atoms with Gasteiger partial charge >= 0.3 is 5.97 Å². The monoisotopic (exact) mass is 445 g/mol. The predicted molar refractivity (Wildman–Crippen MR) is 129 cm³/mol. The molecule has 0 aromatic carbocycles. The maximum atomic E-state index is 10.8. The number of rotatable bonds is 8. The highest BCUT2D eigenvalue weighted by Crippen LogP contribution is 2.64. The molecule has 32 heavy (non-hydrogen) atoms. The molecule has 4 nitrogen and oxygen atoms in total. The molecule has 3 fully saturated rings. The Bertz CT molecular complexity index is 710. The molecule has 0 aromatic heterocycles. The minimum atomic E-state index is -0.708. The van der Waals surface area contributed by atoms with Crippen LogP contribution in [-0.4, -0.2) is 34.4 Å². The van der Waals surface area contributed by atoms with E-state index >= 15 is 0 Å². The van der Waals surface area contributed by atoms with Gasteiger partial charge in [-0.15, -0.1) is 0 Å². The topological polar surface area (TPSA) is 69.6 Å². The molecule has 4 heteroatoms. The second-order valence-electron chi connectivity index (χ2n) is 12.7. The van der Waals surface area contributed by atoms with Crippen molar-refractivity contribution in [2.45, 2.75) is 110 Å². The van der Waals surface area contributed by atoms with Crippen LogP contribution in [0.1, 0.15) is 98.3 Å². The van der Waals surface area contributed by atoms with Crippen LogP contribution in [0.25, 0.3) is 0 Å². The number of carbonyl (C=O) groups is 1. The first-order chi connectivity index (χ1) is 15.1. The van der Waals surface area contributed by atoms with Crippen molar-refractivity contribution in [1.82, 2.24) is 5.32 Å². The summed E-state index contributed by atoms with van der Waals surface area (Å²) >= 11 is 0. The van der Waals surface area contributed by atoms with Gasteiger partial charge in [0, 0.05) is 12.6 Å². The zero-order valence-electron chi connectivity index (χ0n) is 20.9. The molecule has 4 aliphatic rings. The first kappa shape index (κ1) is 24.3. The van der Waals surface area contributed by atoms with E-state index in [1.165, 1.54) is 44.9 Å². The summed E-state index contributed by atoms with van der Waals surface area (Å²) in [5.41, 5.74) is 1.62. The highest BCUT2D eigenvalue weighted by molar-refractivity contribution is 5.66. The molecule has 0 aromatic rings. The van der Waals surface area contributed by atoms with E-state index in [1.807, 2.05) is 13.8 Å². The van der Waals surface area contributed by atoms with Crippen molar-refractivity contribution in [3.63, 3.8) is 0 Å². The maximum absolute atomic E-state index is 10.8. The van der Waals surface area contributed by atoms with E-state index in [4.69, 9.17) is 5.11 Å². The average Bonchev–Trinajstić information content (AvgIpc) is 3.08. The lowest BCUT2D eigenvalue weighted by Crippen LogP contribution is -2.48.